The molecule has 0 aromatic heterocycles. The van der Waals surface area contributed by atoms with Gasteiger partial charge in [0.05, 0.1) is 13.2 Å². The Labute approximate surface area is 207 Å². The molecule has 0 fully saturated rings. The molecule has 1 atom stereocenters. The zero-order valence-electron chi connectivity index (χ0n) is 20.1. The summed E-state index contributed by atoms with van der Waals surface area (Å²) in [5.74, 6) is -4.55. The summed E-state index contributed by atoms with van der Waals surface area (Å²) in [7, 11) is 0. The molecule has 0 aliphatic heterocycles. The van der Waals surface area contributed by atoms with E-state index in [0.29, 0.717) is 32.3 Å². The molecule has 0 amide bonds. The molecule has 0 heterocycles. The summed E-state index contributed by atoms with van der Waals surface area (Å²) in [6.07, 6.45) is 4.42. The van der Waals surface area contributed by atoms with Gasteiger partial charge in [0.15, 0.2) is 23.2 Å². The van der Waals surface area contributed by atoms with E-state index in [9.17, 15) is 22.0 Å². The fourth-order valence-corrected chi connectivity index (χ4v) is 4.26. The molecule has 190 valence electrons. The highest BCUT2D eigenvalue weighted by Crippen LogP contribution is 2.35. The predicted molar refractivity (Wildman–Crippen MR) is 129 cm³/mol. The first-order chi connectivity index (χ1) is 17.3. The summed E-state index contributed by atoms with van der Waals surface area (Å²) >= 11 is 0. The minimum absolute atomic E-state index is 0.0848. The molecule has 1 unspecified atom stereocenters. The number of hydrogen-bond acceptors (Lipinski definition) is 2. The van der Waals surface area contributed by atoms with Gasteiger partial charge in [-0.1, -0.05) is 25.1 Å². The van der Waals surface area contributed by atoms with Crippen molar-refractivity contribution >= 4 is 5.57 Å². The van der Waals surface area contributed by atoms with Crippen molar-refractivity contribution in [2.45, 2.75) is 39.5 Å². The van der Waals surface area contributed by atoms with Gasteiger partial charge in [-0.05, 0) is 73.9 Å². The Morgan fingerprint density at radius 2 is 1.53 bits per heavy atom. The molecule has 3 aromatic carbocycles. The molecule has 0 spiro atoms. The third kappa shape index (κ3) is 5.40. The first-order valence-electron chi connectivity index (χ1n) is 12.0. The Bertz CT molecular complexity index is 1290. The molecule has 0 bridgehead atoms. The SMILES string of the molecule is CCCOc1ccc(-c2ccc(OCC3CC=C(c4ccc(C)c(F)c4F)CC3)cc2F)c(F)c1F. The smallest absolute Gasteiger partial charge is 0.201 e. The van der Waals surface area contributed by atoms with Gasteiger partial charge in [0.2, 0.25) is 5.82 Å². The van der Waals surface area contributed by atoms with Gasteiger partial charge < -0.3 is 9.47 Å². The Hall–Kier alpha value is -3.35. The van der Waals surface area contributed by atoms with Crippen LogP contribution in [-0.2, 0) is 0 Å². The van der Waals surface area contributed by atoms with Crippen molar-refractivity contribution in [3.8, 4) is 22.6 Å². The van der Waals surface area contributed by atoms with E-state index in [4.69, 9.17) is 9.47 Å². The third-order valence-corrected chi connectivity index (χ3v) is 6.37. The number of hydrogen-bond donors (Lipinski definition) is 0. The van der Waals surface area contributed by atoms with Crippen molar-refractivity contribution in [3.63, 3.8) is 0 Å². The van der Waals surface area contributed by atoms with Gasteiger partial charge in [-0.25, -0.2) is 17.6 Å². The molecule has 4 rings (SSSR count). The van der Waals surface area contributed by atoms with Crippen molar-refractivity contribution in [3.05, 3.63) is 88.8 Å². The zero-order chi connectivity index (χ0) is 25.8. The van der Waals surface area contributed by atoms with Crippen LogP contribution in [0, 0.1) is 41.9 Å². The molecule has 0 N–H and O–H groups in total. The average Bonchev–Trinajstić information content (AvgIpc) is 2.88. The van der Waals surface area contributed by atoms with Gasteiger partial charge in [-0.15, -0.1) is 0 Å². The van der Waals surface area contributed by atoms with Crippen LogP contribution in [0.25, 0.3) is 16.7 Å². The first-order valence-corrected chi connectivity index (χ1v) is 12.0. The maximum atomic E-state index is 14.8. The largest absolute Gasteiger partial charge is 0.493 e. The molecule has 1 aliphatic rings. The lowest BCUT2D eigenvalue weighted by Gasteiger charge is -2.23. The minimum Gasteiger partial charge on any atom is -0.493 e. The molecular formula is C29H27F5O2. The summed E-state index contributed by atoms with van der Waals surface area (Å²) < 4.78 is 82.8. The van der Waals surface area contributed by atoms with E-state index in [0.717, 1.165) is 11.6 Å². The second kappa shape index (κ2) is 11.1. The fraction of sp³-hybridized carbons (Fsp3) is 0.310. The lowest BCUT2D eigenvalue weighted by Crippen LogP contribution is -2.15. The third-order valence-electron chi connectivity index (χ3n) is 6.37. The van der Waals surface area contributed by atoms with Crippen molar-refractivity contribution in [1.82, 2.24) is 0 Å². The minimum atomic E-state index is -1.18. The van der Waals surface area contributed by atoms with Crippen LogP contribution in [0.15, 0.2) is 48.5 Å². The standard InChI is InChI=1S/C29H27F5O2/c1-3-14-35-25-13-12-23(28(33)29(25)34)22-11-9-20(15-24(22)30)36-16-18-5-7-19(8-6-18)21-10-4-17(2)26(31)27(21)32/h4,7,9-13,15,18H,3,5-6,8,14,16H2,1-2H3. The van der Waals surface area contributed by atoms with Gasteiger partial charge in [-0.3, -0.25) is 0 Å². The molecule has 0 saturated heterocycles. The number of rotatable bonds is 8. The molecule has 36 heavy (non-hydrogen) atoms. The van der Waals surface area contributed by atoms with Crippen LogP contribution < -0.4 is 9.47 Å². The quantitative estimate of drug-likeness (QED) is 0.288. The molecule has 0 saturated carbocycles. The lowest BCUT2D eigenvalue weighted by molar-refractivity contribution is 0.239. The van der Waals surface area contributed by atoms with Crippen molar-refractivity contribution < 1.29 is 31.4 Å². The van der Waals surface area contributed by atoms with Crippen LogP contribution >= 0.6 is 0 Å². The Balaban J connectivity index is 1.40. The van der Waals surface area contributed by atoms with Gasteiger partial charge in [0, 0.05) is 22.8 Å². The van der Waals surface area contributed by atoms with Crippen molar-refractivity contribution in [2.75, 3.05) is 13.2 Å². The van der Waals surface area contributed by atoms with Crippen LogP contribution in [0.5, 0.6) is 11.5 Å². The second-order valence-corrected chi connectivity index (χ2v) is 8.97. The maximum absolute atomic E-state index is 14.8. The van der Waals surface area contributed by atoms with Crippen LogP contribution in [0.3, 0.4) is 0 Å². The molecule has 7 heteroatoms. The van der Waals surface area contributed by atoms with Gasteiger partial charge in [-0.2, -0.15) is 4.39 Å². The fourth-order valence-electron chi connectivity index (χ4n) is 4.26. The summed E-state index contributed by atoms with van der Waals surface area (Å²) in [6.45, 7) is 3.92. The van der Waals surface area contributed by atoms with Gasteiger partial charge in [0.1, 0.15) is 11.6 Å². The average molecular weight is 503 g/mol. The van der Waals surface area contributed by atoms with Crippen LogP contribution in [0.1, 0.15) is 43.7 Å². The van der Waals surface area contributed by atoms with Crippen LogP contribution in [-0.4, -0.2) is 13.2 Å². The normalized spacial score (nSPS) is 15.5. The molecule has 0 radical (unpaired) electrons. The van der Waals surface area contributed by atoms with E-state index in [1.165, 1.54) is 31.2 Å². The highest BCUT2D eigenvalue weighted by molar-refractivity contribution is 5.68. The Morgan fingerprint density at radius 3 is 2.22 bits per heavy atom. The van der Waals surface area contributed by atoms with Crippen molar-refractivity contribution in [1.29, 1.82) is 0 Å². The number of ether oxygens (including phenoxy) is 2. The lowest BCUT2D eigenvalue weighted by atomic mass is 9.86. The number of benzene rings is 3. The van der Waals surface area contributed by atoms with E-state index < -0.39 is 29.1 Å². The van der Waals surface area contributed by atoms with Crippen molar-refractivity contribution in [2.24, 2.45) is 5.92 Å². The molecular weight excluding hydrogens is 475 g/mol. The monoisotopic (exact) mass is 502 g/mol. The number of aryl methyl sites for hydroxylation is 1. The first kappa shape index (κ1) is 25.7. The highest BCUT2D eigenvalue weighted by Gasteiger charge is 2.21. The van der Waals surface area contributed by atoms with E-state index >= 15 is 0 Å². The maximum Gasteiger partial charge on any atom is 0.201 e. The van der Waals surface area contributed by atoms with Crippen LogP contribution in [0.2, 0.25) is 0 Å². The predicted octanol–water partition coefficient (Wildman–Crippen LogP) is 8.41. The zero-order valence-corrected chi connectivity index (χ0v) is 20.1. The topological polar surface area (TPSA) is 18.5 Å². The number of allylic oxidation sites excluding steroid dienone is 2. The van der Waals surface area contributed by atoms with Gasteiger partial charge >= 0.3 is 0 Å². The molecule has 2 nitrogen and oxygen atoms in total. The van der Waals surface area contributed by atoms with E-state index in [-0.39, 0.29) is 46.3 Å². The van der Waals surface area contributed by atoms with Gasteiger partial charge in [0.25, 0.3) is 0 Å². The summed E-state index contributed by atoms with van der Waals surface area (Å²) in [4.78, 5) is 0. The van der Waals surface area contributed by atoms with Crippen LogP contribution in [0.4, 0.5) is 22.0 Å². The summed E-state index contributed by atoms with van der Waals surface area (Å²) in [5, 5.41) is 0. The van der Waals surface area contributed by atoms with E-state index in [1.54, 1.807) is 12.1 Å². The Kier molecular flexibility index (Phi) is 7.97. The highest BCUT2D eigenvalue weighted by atomic mass is 19.2. The van der Waals surface area contributed by atoms with E-state index in [1.807, 2.05) is 13.0 Å². The second-order valence-electron chi connectivity index (χ2n) is 8.97. The molecule has 3 aromatic rings. The van der Waals surface area contributed by atoms with E-state index in [2.05, 4.69) is 0 Å². The molecule has 1 aliphatic carbocycles. The Morgan fingerprint density at radius 1 is 0.806 bits per heavy atom. The summed E-state index contributed by atoms with van der Waals surface area (Å²) in [6, 6.07) is 9.74. The summed E-state index contributed by atoms with van der Waals surface area (Å²) in [5.41, 5.74) is 1.02. The number of halogens is 5.